The van der Waals surface area contributed by atoms with Gasteiger partial charge in [-0.25, -0.2) is 0 Å². The normalized spacial score (nSPS) is 12.1. The van der Waals surface area contributed by atoms with Crippen LogP contribution in [0.3, 0.4) is 0 Å². The molecule has 0 saturated heterocycles. The van der Waals surface area contributed by atoms with Crippen LogP contribution in [0.2, 0.25) is 0 Å². The molecular formula is C12H17NOS. The molecule has 0 amide bonds. The maximum Gasteiger partial charge on any atom is 0.119 e. The summed E-state index contributed by atoms with van der Waals surface area (Å²) in [5.41, 5.74) is 6.72. The molecule has 0 spiro atoms. The zero-order chi connectivity index (χ0) is 11.3. The van der Waals surface area contributed by atoms with Crippen molar-refractivity contribution < 1.29 is 4.74 Å². The van der Waals surface area contributed by atoms with E-state index in [-0.39, 0.29) is 6.10 Å². The highest BCUT2D eigenvalue weighted by molar-refractivity contribution is 7.80. The lowest BCUT2D eigenvalue weighted by Crippen LogP contribution is -2.23. The Morgan fingerprint density at radius 3 is 2.47 bits per heavy atom. The van der Waals surface area contributed by atoms with E-state index in [1.54, 1.807) is 0 Å². The first-order valence-corrected chi connectivity index (χ1v) is 5.54. The van der Waals surface area contributed by atoms with Gasteiger partial charge in [-0.1, -0.05) is 36.8 Å². The molecule has 0 heterocycles. The largest absolute Gasteiger partial charge is 0.490 e. The van der Waals surface area contributed by atoms with Gasteiger partial charge in [-0.2, -0.15) is 0 Å². The van der Waals surface area contributed by atoms with Crippen LogP contribution < -0.4 is 10.5 Å². The van der Waals surface area contributed by atoms with E-state index >= 15 is 0 Å². The molecule has 0 aromatic heterocycles. The van der Waals surface area contributed by atoms with Gasteiger partial charge in [0.25, 0.3) is 0 Å². The molecule has 2 N–H and O–H groups in total. The quantitative estimate of drug-likeness (QED) is 0.780. The molecule has 0 saturated carbocycles. The van der Waals surface area contributed by atoms with Gasteiger partial charge < -0.3 is 10.5 Å². The van der Waals surface area contributed by atoms with Gasteiger partial charge in [-0.3, -0.25) is 0 Å². The van der Waals surface area contributed by atoms with E-state index in [0.717, 1.165) is 12.2 Å². The molecule has 1 atom stereocenters. The average molecular weight is 223 g/mol. The fourth-order valence-electron chi connectivity index (χ4n) is 1.30. The van der Waals surface area contributed by atoms with Crippen LogP contribution in [0.1, 0.15) is 25.3 Å². The second-order valence-corrected chi connectivity index (χ2v) is 4.16. The lowest BCUT2D eigenvalue weighted by Gasteiger charge is -2.16. The van der Waals surface area contributed by atoms with Crippen molar-refractivity contribution in [3.8, 4) is 5.75 Å². The molecule has 0 bridgehead atoms. The maximum absolute atomic E-state index is 5.76. The highest BCUT2D eigenvalue weighted by Gasteiger charge is 2.09. The van der Waals surface area contributed by atoms with Gasteiger partial charge in [0.15, 0.2) is 0 Å². The zero-order valence-corrected chi connectivity index (χ0v) is 10.0. The van der Waals surface area contributed by atoms with Crippen LogP contribution in [0, 0.1) is 6.92 Å². The fourth-order valence-corrected chi connectivity index (χ4v) is 1.49. The molecular weight excluding hydrogens is 206 g/mol. The Morgan fingerprint density at radius 2 is 2.00 bits per heavy atom. The SMILES string of the molecule is CCC(CC(N)=S)Oc1ccc(C)cc1. The Bertz CT molecular complexity index is 321. The lowest BCUT2D eigenvalue weighted by atomic mass is 10.2. The van der Waals surface area contributed by atoms with Gasteiger partial charge in [0.2, 0.25) is 0 Å². The van der Waals surface area contributed by atoms with Crippen molar-refractivity contribution in [2.45, 2.75) is 32.8 Å². The second kappa shape index (κ2) is 5.71. The molecule has 15 heavy (non-hydrogen) atoms. The summed E-state index contributed by atoms with van der Waals surface area (Å²) < 4.78 is 5.76. The van der Waals surface area contributed by atoms with Crippen LogP contribution in [0.4, 0.5) is 0 Å². The standard InChI is InChI=1S/C12H17NOS/c1-3-10(8-12(13)15)14-11-6-4-9(2)5-7-11/h4-7,10H,3,8H2,1-2H3,(H2,13,15). The van der Waals surface area contributed by atoms with E-state index in [4.69, 9.17) is 22.7 Å². The van der Waals surface area contributed by atoms with Crippen LogP contribution in [0.25, 0.3) is 0 Å². The number of hydrogen-bond donors (Lipinski definition) is 1. The van der Waals surface area contributed by atoms with Crippen molar-refractivity contribution in [1.29, 1.82) is 0 Å². The molecule has 0 aliphatic heterocycles. The summed E-state index contributed by atoms with van der Waals surface area (Å²) in [7, 11) is 0. The van der Waals surface area contributed by atoms with Gasteiger partial charge >= 0.3 is 0 Å². The van der Waals surface area contributed by atoms with E-state index in [1.807, 2.05) is 24.3 Å². The first-order valence-electron chi connectivity index (χ1n) is 5.13. The van der Waals surface area contributed by atoms with E-state index in [1.165, 1.54) is 5.56 Å². The molecule has 82 valence electrons. The Balaban J connectivity index is 2.58. The summed E-state index contributed by atoms with van der Waals surface area (Å²) in [6.45, 7) is 4.12. The number of thiocarbonyl (C=S) groups is 1. The molecule has 3 heteroatoms. The molecule has 1 rings (SSSR count). The van der Waals surface area contributed by atoms with Gasteiger partial charge in [0, 0.05) is 6.42 Å². The van der Waals surface area contributed by atoms with Crippen molar-refractivity contribution in [2.75, 3.05) is 0 Å². The minimum absolute atomic E-state index is 0.0882. The first kappa shape index (κ1) is 12.0. The minimum Gasteiger partial charge on any atom is -0.490 e. The van der Waals surface area contributed by atoms with Gasteiger partial charge in [-0.15, -0.1) is 0 Å². The number of hydrogen-bond acceptors (Lipinski definition) is 2. The third-order valence-corrected chi connectivity index (χ3v) is 2.37. The predicted octanol–water partition coefficient (Wildman–Crippen LogP) is 2.83. The Morgan fingerprint density at radius 1 is 1.40 bits per heavy atom. The van der Waals surface area contributed by atoms with Gasteiger partial charge in [0.05, 0.1) is 4.99 Å². The molecule has 1 unspecified atom stereocenters. The highest BCUT2D eigenvalue weighted by Crippen LogP contribution is 2.15. The predicted molar refractivity (Wildman–Crippen MR) is 67.3 cm³/mol. The Labute approximate surface area is 96.4 Å². The fraction of sp³-hybridized carbons (Fsp3) is 0.417. The summed E-state index contributed by atoms with van der Waals surface area (Å²) in [6.07, 6.45) is 1.63. The number of benzene rings is 1. The van der Waals surface area contributed by atoms with Crippen LogP contribution in [-0.2, 0) is 0 Å². The smallest absolute Gasteiger partial charge is 0.119 e. The summed E-state index contributed by atoms with van der Waals surface area (Å²) >= 11 is 4.87. The molecule has 0 radical (unpaired) electrons. The summed E-state index contributed by atoms with van der Waals surface area (Å²) in [6, 6.07) is 8.00. The van der Waals surface area contributed by atoms with Crippen molar-refractivity contribution in [2.24, 2.45) is 5.73 Å². The van der Waals surface area contributed by atoms with Crippen LogP contribution in [0.5, 0.6) is 5.75 Å². The van der Waals surface area contributed by atoms with Gasteiger partial charge in [-0.05, 0) is 25.5 Å². The van der Waals surface area contributed by atoms with Crippen molar-refractivity contribution >= 4 is 17.2 Å². The van der Waals surface area contributed by atoms with Crippen LogP contribution >= 0.6 is 12.2 Å². The van der Waals surface area contributed by atoms with E-state index in [9.17, 15) is 0 Å². The van der Waals surface area contributed by atoms with Crippen molar-refractivity contribution in [3.63, 3.8) is 0 Å². The van der Waals surface area contributed by atoms with Gasteiger partial charge in [0.1, 0.15) is 11.9 Å². The third kappa shape index (κ3) is 4.30. The average Bonchev–Trinajstić information content (AvgIpc) is 2.19. The van der Waals surface area contributed by atoms with E-state index in [2.05, 4.69) is 13.8 Å². The molecule has 1 aromatic rings. The molecule has 2 nitrogen and oxygen atoms in total. The van der Waals surface area contributed by atoms with E-state index < -0.39 is 0 Å². The number of rotatable bonds is 5. The minimum atomic E-state index is 0.0882. The zero-order valence-electron chi connectivity index (χ0n) is 9.19. The molecule has 1 aromatic carbocycles. The van der Waals surface area contributed by atoms with Crippen LogP contribution in [0.15, 0.2) is 24.3 Å². The summed E-state index contributed by atoms with van der Waals surface area (Å²) in [5.74, 6) is 0.878. The van der Waals surface area contributed by atoms with E-state index in [0.29, 0.717) is 11.4 Å². The maximum atomic E-state index is 5.76. The third-order valence-electron chi connectivity index (χ3n) is 2.21. The first-order chi connectivity index (χ1) is 7.11. The Hall–Kier alpha value is -1.09. The lowest BCUT2D eigenvalue weighted by molar-refractivity contribution is 0.205. The monoisotopic (exact) mass is 223 g/mol. The van der Waals surface area contributed by atoms with Crippen molar-refractivity contribution in [1.82, 2.24) is 0 Å². The summed E-state index contributed by atoms with van der Waals surface area (Å²) in [5, 5.41) is 0. The number of ether oxygens (including phenoxy) is 1. The Kier molecular flexibility index (Phi) is 4.56. The number of aryl methyl sites for hydroxylation is 1. The van der Waals surface area contributed by atoms with Crippen molar-refractivity contribution in [3.05, 3.63) is 29.8 Å². The number of nitrogens with two attached hydrogens (primary N) is 1. The topological polar surface area (TPSA) is 35.2 Å². The summed E-state index contributed by atoms with van der Waals surface area (Å²) in [4.78, 5) is 0.508. The highest BCUT2D eigenvalue weighted by atomic mass is 32.1. The molecule has 0 aliphatic carbocycles. The molecule has 0 aliphatic rings. The molecule has 0 fully saturated rings. The second-order valence-electron chi connectivity index (χ2n) is 3.63. The van der Waals surface area contributed by atoms with Crippen LogP contribution in [-0.4, -0.2) is 11.1 Å².